The number of hydrogen-bond acceptors (Lipinski definition) is 5. The Morgan fingerprint density at radius 2 is 2.00 bits per heavy atom. The highest BCUT2D eigenvalue weighted by molar-refractivity contribution is 7.09. The average molecular weight is 387 g/mol. The Bertz CT molecular complexity index is 775. The van der Waals surface area contributed by atoms with Crippen LogP contribution >= 0.6 is 11.3 Å². The number of carbonyl (C=O) groups excluding carboxylic acids is 2. The molecule has 0 saturated heterocycles. The third-order valence-electron chi connectivity index (χ3n) is 5.03. The first-order valence-electron chi connectivity index (χ1n) is 9.21. The van der Waals surface area contributed by atoms with Crippen LogP contribution in [0.1, 0.15) is 22.4 Å². The third kappa shape index (κ3) is 5.17. The molecule has 6 heteroatoms. The van der Waals surface area contributed by atoms with Crippen molar-refractivity contribution in [1.29, 1.82) is 0 Å². The summed E-state index contributed by atoms with van der Waals surface area (Å²) in [6.07, 6.45) is 1.86. The van der Waals surface area contributed by atoms with Crippen molar-refractivity contribution in [3.63, 3.8) is 0 Å². The molecule has 2 aromatic rings. The smallest absolute Gasteiger partial charge is 0.307 e. The maximum atomic E-state index is 13.0. The fraction of sp³-hybridized carbons (Fsp3) is 0.429. The normalized spacial score (nSPS) is 16.3. The van der Waals surface area contributed by atoms with Gasteiger partial charge in [0.2, 0.25) is 5.91 Å². The zero-order chi connectivity index (χ0) is 19.2. The molecule has 0 aliphatic carbocycles. The van der Waals surface area contributed by atoms with E-state index in [4.69, 9.17) is 4.74 Å². The first-order chi connectivity index (χ1) is 13.1. The van der Waals surface area contributed by atoms with Crippen molar-refractivity contribution in [2.24, 2.45) is 0 Å². The van der Waals surface area contributed by atoms with Gasteiger partial charge in [0.25, 0.3) is 0 Å². The number of esters is 1. The average Bonchev–Trinajstić information content (AvgIpc) is 3.19. The summed E-state index contributed by atoms with van der Waals surface area (Å²) in [5, 5.41) is 2.07. The molecule has 0 radical (unpaired) electrons. The number of likely N-dealkylation sites (N-methyl/N-ethyl adjacent to an activating group) is 1. The van der Waals surface area contributed by atoms with E-state index in [-0.39, 0.29) is 24.3 Å². The van der Waals surface area contributed by atoms with E-state index in [0.29, 0.717) is 19.5 Å². The lowest BCUT2D eigenvalue weighted by atomic mass is 9.92. The van der Waals surface area contributed by atoms with Gasteiger partial charge in [0.15, 0.2) is 0 Å². The Labute approximate surface area is 164 Å². The zero-order valence-corrected chi connectivity index (χ0v) is 16.7. The van der Waals surface area contributed by atoms with Crippen LogP contribution in [0.15, 0.2) is 41.8 Å². The minimum atomic E-state index is -0.275. The van der Waals surface area contributed by atoms with Gasteiger partial charge in [-0.1, -0.05) is 30.3 Å². The summed E-state index contributed by atoms with van der Waals surface area (Å²) in [6.45, 7) is 1.74. The number of benzene rings is 1. The van der Waals surface area contributed by atoms with Crippen LogP contribution in [0.3, 0.4) is 0 Å². The molecule has 0 saturated carbocycles. The van der Waals surface area contributed by atoms with Gasteiger partial charge in [0.1, 0.15) is 0 Å². The topological polar surface area (TPSA) is 49.9 Å². The molecular weight excluding hydrogens is 360 g/mol. The van der Waals surface area contributed by atoms with Crippen LogP contribution in [0.4, 0.5) is 0 Å². The molecule has 1 aromatic heterocycles. The first kappa shape index (κ1) is 19.6. The summed E-state index contributed by atoms with van der Waals surface area (Å²) in [6, 6.07) is 12.2. The minimum absolute atomic E-state index is 0.0621. The lowest BCUT2D eigenvalue weighted by Crippen LogP contribution is -2.48. The fourth-order valence-electron chi connectivity index (χ4n) is 3.49. The van der Waals surface area contributed by atoms with E-state index in [1.165, 1.54) is 17.6 Å². The van der Waals surface area contributed by atoms with Crippen molar-refractivity contribution in [3.8, 4) is 0 Å². The van der Waals surface area contributed by atoms with Gasteiger partial charge < -0.3 is 9.64 Å². The zero-order valence-electron chi connectivity index (χ0n) is 15.9. The number of ether oxygens (including phenoxy) is 1. The molecule has 5 nitrogen and oxygen atoms in total. The molecular formula is C21H26N2O3S. The molecule has 1 aromatic carbocycles. The summed E-state index contributed by atoms with van der Waals surface area (Å²) < 4.78 is 4.84. The van der Waals surface area contributed by atoms with E-state index in [1.54, 1.807) is 11.3 Å². The number of rotatable bonds is 7. The lowest BCUT2D eigenvalue weighted by molar-refractivity contribution is -0.144. The number of nitrogens with zero attached hydrogens (tertiary/aromatic N) is 2. The number of amides is 1. The van der Waals surface area contributed by atoms with Gasteiger partial charge in [-0.15, -0.1) is 11.3 Å². The van der Waals surface area contributed by atoms with Gasteiger partial charge in [0, 0.05) is 24.0 Å². The Hall–Kier alpha value is -2.18. The Morgan fingerprint density at radius 1 is 1.22 bits per heavy atom. The molecule has 0 bridgehead atoms. The largest absolute Gasteiger partial charge is 0.469 e. The monoisotopic (exact) mass is 386 g/mol. The highest BCUT2D eigenvalue weighted by atomic mass is 32.1. The Balaban J connectivity index is 1.65. The van der Waals surface area contributed by atoms with Crippen LogP contribution in [-0.4, -0.2) is 55.0 Å². The molecule has 0 fully saturated rings. The molecule has 1 aliphatic heterocycles. The van der Waals surface area contributed by atoms with Gasteiger partial charge >= 0.3 is 5.97 Å². The summed E-state index contributed by atoms with van der Waals surface area (Å²) in [7, 11) is 3.36. The van der Waals surface area contributed by atoms with Crippen LogP contribution in [0.25, 0.3) is 0 Å². The predicted octanol–water partition coefficient (Wildman–Crippen LogP) is 2.74. The van der Waals surface area contributed by atoms with Crippen molar-refractivity contribution in [3.05, 3.63) is 57.8 Å². The van der Waals surface area contributed by atoms with Crippen LogP contribution in [0.2, 0.25) is 0 Å². The van der Waals surface area contributed by atoms with Gasteiger partial charge in [-0.25, -0.2) is 0 Å². The fourth-order valence-corrected chi connectivity index (χ4v) is 4.19. The van der Waals surface area contributed by atoms with Crippen molar-refractivity contribution < 1.29 is 14.3 Å². The summed E-state index contributed by atoms with van der Waals surface area (Å²) in [5.41, 5.74) is 2.37. The van der Waals surface area contributed by atoms with Gasteiger partial charge in [-0.2, -0.15) is 0 Å². The van der Waals surface area contributed by atoms with Gasteiger partial charge in [-0.05, 0) is 42.5 Å². The first-order valence-corrected chi connectivity index (χ1v) is 10.1. The van der Waals surface area contributed by atoms with Crippen molar-refractivity contribution >= 4 is 23.2 Å². The number of fused-ring (bicyclic) bond motifs is 1. The van der Waals surface area contributed by atoms with Gasteiger partial charge in [-0.3, -0.25) is 14.5 Å². The highest BCUT2D eigenvalue weighted by Gasteiger charge is 2.31. The summed E-state index contributed by atoms with van der Waals surface area (Å²) in [4.78, 5) is 30.1. The maximum Gasteiger partial charge on any atom is 0.307 e. The quantitative estimate of drug-likeness (QED) is 0.687. The third-order valence-corrected chi connectivity index (χ3v) is 5.97. The molecule has 1 atom stereocenters. The van der Waals surface area contributed by atoms with Gasteiger partial charge in [0.05, 0.1) is 20.1 Å². The van der Waals surface area contributed by atoms with Crippen molar-refractivity contribution in [2.75, 3.05) is 27.2 Å². The molecule has 27 heavy (non-hydrogen) atoms. The molecule has 1 aliphatic rings. The van der Waals surface area contributed by atoms with Crippen molar-refractivity contribution in [1.82, 2.24) is 9.80 Å². The van der Waals surface area contributed by atoms with Crippen LogP contribution in [0, 0.1) is 0 Å². The van der Waals surface area contributed by atoms with E-state index >= 15 is 0 Å². The minimum Gasteiger partial charge on any atom is -0.469 e. The molecule has 0 N–H and O–H groups in total. The molecule has 2 heterocycles. The van der Waals surface area contributed by atoms with Crippen LogP contribution in [-0.2, 0) is 33.7 Å². The summed E-state index contributed by atoms with van der Waals surface area (Å²) in [5.74, 6) is -0.213. The molecule has 0 unspecified atom stereocenters. The Morgan fingerprint density at radius 3 is 2.70 bits per heavy atom. The maximum absolute atomic E-state index is 13.0. The SMILES string of the molecule is COC(=O)C[C@H]1Cc2ccccc2CN1C(=O)CN(C)CCc1cccs1. The van der Waals surface area contributed by atoms with Crippen LogP contribution in [0.5, 0.6) is 0 Å². The predicted molar refractivity (Wildman–Crippen MR) is 107 cm³/mol. The molecule has 1 amide bonds. The van der Waals surface area contributed by atoms with E-state index in [2.05, 4.69) is 28.5 Å². The number of carbonyl (C=O) groups is 2. The molecule has 3 rings (SSSR count). The number of thiophene rings is 1. The molecule has 144 valence electrons. The highest BCUT2D eigenvalue weighted by Crippen LogP contribution is 2.25. The lowest BCUT2D eigenvalue weighted by Gasteiger charge is -2.37. The van der Waals surface area contributed by atoms with Crippen molar-refractivity contribution in [2.45, 2.75) is 31.8 Å². The van der Waals surface area contributed by atoms with E-state index < -0.39 is 0 Å². The number of methoxy groups -OCH3 is 1. The standard InChI is InChI=1S/C21H26N2O3S/c1-22(10-9-19-8-5-11-27-19)15-20(24)23-14-17-7-4-3-6-16(17)12-18(23)13-21(25)26-2/h3-8,11,18H,9-10,12-15H2,1-2H3/t18-/m1/s1. The molecule has 0 spiro atoms. The second kappa shape index (κ2) is 9.15. The Kier molecular flexibility index (Phi) is 6.63. The second-order valence-corrected chi connectivity index (χ2v) is 8.03. The van der Waals surface area contributed by atoms with E-state index in [0.717, 1.165) is 18.5 Å². The van der Waals surface area contributed by atoms with Crippen LogP contribution < -0.4 is 0 Å². The number of hydrogen-bond donors (Lipinski definition) is 0. The van der Waals surface area contributed by atoms with E-state index in [1.807, 2.05) is 30.1 Å². The summed E-state index contributed by atoms with van der Waals surface area (Å²) >= 11 is 1.74. The van der Waals surface area contributed by atoms with E-state index in [9.17, 15) is 9.59 Å². The second-order valence-electron chi connectivity index (χ2n) is 7.00.